The second kappa shape index (κ2) is 10.1. The Balaban J connectivity index is 1.83. The predicted octanol–water partition coefficient (Wildman–Crippen LogP) is 5.73. The fourth-order valence-corrected chi connectivity index (χ4v) is 6.53. The summed E-state index contributed by atoms with van der Waals surface area (Å²) in [5.41, 5.74) is -2.61. The van der Waals surface area contributed by atoms with Crippen LogP contribution in [0.15, 0.2) is 40.5 Å². The van der Waals surface area contributed by atoms with Gasteiger partial charge in [-0.05, 0) is 37.3 Å². The predicted molar refractivity (Wildman–Crippen MR) is 140 cm³/mol. The number of halogens is 6. The third kappa shape index (κ3) is 4.77. The van der Waals surface area contributed by atoms with Gasteiger partial charge in [0.25, 0.3) is 0 Å². The molecule has 0 aliphatic carbocycles. The zero-order valence-electron chi connectivity index (χ0n) is 20.6. The van der Waals surface area contributed by atoms with E-state index in [0.29, 0.717) is 18.2 Å². The summed E-state index contributed by atoms with van der Waals surface area (Å²) in [5, 5.41) is -0.446. The SMILES string of the molecule is C=CC(=O)N1CCN(c2nc(=O)n3c4c(c(-c5cc(Cl)c(F)cc5F)c(C(F)(F)F)cc24)SCCC3)C(C)C1. The van der Waals surface area contributed by atoms with Crippen molar-refractivity contribution in [2.45, 2.75) is 37.0 Å². The highest BCUT2D eigenvalue weighted by Gasteiger charge is 2.39. The molecular weight excluding hydrogens is 563 g/mol. The van der Waals surface area contributed by atoms with Crippen LogP contribution >= 0.6 is 23.4 Å². The van der Waals surface area contributed by atoms with Crippen molar-refractivity contribution in [3.63, 3.8) is 0 Å². The van der Waals surface area contributed by atoms with Gasteiger partial charge in [0.1, 0.15) is 17.5 Å². The molecule has 2 aromatic carbocycles. The maximum absolute atomic E-state index is 15.0. The second-order valence-corrected chi connectivity index (χ2v) is 10.9. The van der Waals surface area contributed by atoms with Crippen LogP contribution in [0.2, 0.25) is 5.02 Å². The zero-order chi connectivity index (χ0) is 28.2. The number of carbonyl (C=O) groups is 1. The molecule has 5 rings (SSSR count). The van der Waals surface area contributed by atoms with Gasteiger partial charge in [-0.2, -0.15) is 18.2 Å². The van der Waals surface area contributed by atoms with Gasteiger partial charge in [-0.25, -0.2) is 13.6 Å². The van der Waals surface area contributed by atoms with Gasteiger partial charge in [0, 0.05) is 59.7 Å². The number of thioether (sulfide) groups is 1. The lowest BCUT2D eigenvalue weighted by Crippen LogP contribution is -2.54. The van der Waals surface area contributed by atoms with E-state index in [9.17, 15) is 27.2 Å². The van der Waals surface area contributed by atoms with E-state index in [1.165, 1.54) is 10.6 Å². The number of alkyl halides is 3. The highest BCUT2D eigenvalue weighted by Crippen LogP contribution is 2.49. The monoisotopic (exact) mass is 584 g/mol. The summed E-state index contributed by atoms with van der Waals surface area (Å²) in [6.07, 6.45) is -3.28. The van der Waals surface area contributed by atoms with Crippen molar-refractivity contribution in [1.29, 1.82) is 0 Å². The van der Waals surface area contributed by atoms with E-state index < -0.39 is 45.2 Å². The Hall–Kier alpha value is -3.12. The van der Waals surface area contributed by atoms with E-state index in [1.54, 1.807) is 16.7 Å². The number of carbonyl (C=O) groups excluding carboxylic acids is 1. The topological polar surface area (TPSA) is 58.4 Å². The van der Waals surface area contributed by atoms with Crippen molar-refractivity contribution < 1.29 is 26.7 Å². The number of aromatic nitrogens is 2. The lowest BCUT2D eigenvalue weighted by molar-refractivity contribution is -0.137. The average molecular weight is 585 g/mol. The largest absolute Gasteiger partial charge is 0.417 e. The number of amides is 1. The standard InChI is InChI=1S/C26H22ClF5N4O2S/c1-3-20(37)34-6-7-35(13(2)12-34)24-15-9-16(26(30,31)32)21(14-10-17(27)19(29)11-18(14)28)23-22(15)36(25(38)33-24)5-4-8-39-23/h3,9-11,13H,1,4-8,12H2,2H3. The molecule has 2 aliphatic heterocycles. The Kier molecular flexibility index (Phi) is 7.13. The number of hydrogen-bond acceptors (Lipinski definition) is 5. The minimum Gasteiger partial charge on any atom is -0.350 e. The van der Waals surface area contributed by atoms with Crippen LogP contribution in [0, 0.1) is 11.6 Å². The molecule has 0 bridgehead atoms. The van der Waals surface area contributed by atoms with Gasteiger partial charge < -0.3 is 9.80 Å². The molecule has 0 N–H and O–H groups in total. The van der Waals surface area contributed by atoms with Crippen molar-refractivity contribution >= 4 is 46.0 Å². The maximum atomic E-state index is 15.0. The van der Waals surface area contributed by atoms with Crippen molar-refractivity contribution in [3.05, 3.63) is 63.6 Å². The Morgan fingerprint density at radius 2 is 1.92 bits per heavy atom. The second-order valence-electron chi connectivity index (χ2n) is 9.37. The molecular formula is C26H22ClF5N4O2S. The number of nitrogens with zero attached hydrogens (tertiary/aromatic N) is 4. The molecule has 1 aromatic heterocycles. The van der Waals surface area contributed by atoms with Crippen LogP contribution in [-0.4, -0.2) is 51.8 Å². The van der Waals surface area contributed by atoms with Crippen LogP contribution in [0.3, 0.4) is 0 Å². The van der Waals surface area contributed by atoms with Gasteiger partial charge in [-0.1, -0.05) is 18.2 Å². The van der Waals surface area contributed by atoms with Gasteiger partial charge in [-0.3, -0.25) is 9.36 Å². The van der Waals surface area contributed by atoms with Crippen LogP contribution in [-0.2, 0) is 17.5 Å². The Morgan fingerprint density at radius 1 is 1.18 bits per heavy atom. The first kappa shape index (κ1) is 27.4. The molecule has 0 radical (unpaired) electrons. The third-order valence-electron chi connectivity index (χ3n) is 6.94. The van der Waals surface area contributed by atoms with E-state index in [-0.39, 0.29) is 59.7 Å². The minimum atomic E-state index is -4.93. The van der Waals surface area contributed by atoms with Gasteiger partial charge in [0.05, 0.1) is 16.1 Å². The molecule has 39 heavy (non-hydrogen) atoms. The smallest absolute Gasteiger partial charge is 0.350 e. The first-order valence-electron chi connectivity index (χ1n) is 12.1. The van der Waals surface area contributed by atoms with Crippen LogP contribution in [0.5, 0.6) is 0 Å². The first-order chi connectivity index (χ1) is 18.4. The molecule has 1 amide bonds. The third-order valence-corrected chi connectivity index (χ3v) is 8.41. The Bertz CT molecular complexity index is 1580. The first-order valence-corrected chi connectivity index (χ1v) is 13.4. The van der Waals surface area contributed by atoms with E-state index in [0.717, 1.165) is 23.9 Å². The fourth-order valence-electron chi connectivity index (χ4n) is 5.16. The molecule has 13 heteroatoms. The van der Waals surface area contributed by atoms with Crippen LogP contribution < -0.4 is 10.6 Å². The molecule has 1 saturated heterocycles. The van der Waals surface area contributed by atoms with Crippen LogP contribution in [0.25, 0.3) is 22.0 Å². The quantitative estimate of drug-likeness (QED) is 0.224. The number of aryl methyl sites for hydroxylation is 1. The molecule has 6 nitrogen and oxygen atoms in total. The maximum Gasteiger partial charge on any atom is 0.417 e. The molecule has 2 aliphatic rings. The number of anilines is 1. The van der Waals surface area contributed by atoms with Gasteiger partial charge >= 0.3 is 11.9 Å². The molecule has 1 unspecified atom stereocenters. The minimum absolute atomic E-state index is 0.0489. The van der Waals surface area contributed by atoms with Gasteiger partial charge in [-0.15, -0.1) is 11.8 Å². The molecule has 3 aromatic rings. The Morgan fingerprint density at radius 3 is 2.59 bits per heavy atom. The van der Waals surface area contributed by atoms with Crippen molar-refractivity contribution in [2.75, 3.05) is 30.3 Å². The summed E-state index contributed by atoms with van der Waals surface area (Å²) in [6, 6.07) is 1.79. The van der Waals surface area contributed by atoms with Gasteiger partial charge in [0.2, 0.25) is 5.91 Å². The summed E-state index contributed by atoms with van der Waals surface area (Å²) in [4.78, 5) is 32.9. The van der Waals surface area contributed by atoms with E-state index in [4.69, 9.17) is 11.6 Å². The summed E-state index contributed by atoms with van der Waals surface area (Å²) in [7, 11) is 0. The highest BCUT2D eigenvalue weighted by molar-refractivity contribution is 7.99. The zero-order valence-corrected chi connectivity index (χ0v) is 22.2. The average Bonchev–Trinajstić information content (AvgIpc) is 3.11. The van der Waals surface area contributed by atoms with E-state index in [2.05, 4.69) is 11.6 Å². The lowest BCUT2D eigenvalue weighted by Gasteiger charge is -2.40. The number of hydrogen-bond donors (Lipinski definition) is 0. The van der Waals surface area contributed by atoms with Gasteiger partial charge in [0.15, 0.2) is 0 Å². The normalized spacial score (nSPS) is 17.9. The van der Waals surface area contributed by atoms with E-state index >= 15 is 4.39 Å². The summed E-state index contributed by atoms with van der Waals surface area (Å²) < 4.78 is 74.2. The summed E-state index contributed by atoms with van der Waals surface area (Å²) in [6.45, 7) is 6.21. The van der Waals surface area contributed by atoms with Crippen molar-refractivity contribution in [2.24, 2.45) is 0 Å². The summed E-state index contributed by atoms with van der Waals surface area (Å²) in [5.74, 6) is -2.17. The number of benzene rings is 2. The number of piperazine rings is 1. The molecule has 1 atom stereocenters. The summed E-state index contributed by atoms with van der Waals surface area (Å²) >= 11 is 6.94. The molecule has 206 valence electrons. The highest BCUT2D eigenvalue weighted by atomic mass is 35.5. The Labute approximate surface area is 229 Å². The fraction of sp³-hybridized carbons (Fsp3) is 0.346. The van der Waals surface area contributed by atoms with E-state index in [1.807, 2.05) is 0 Å². The lowest BCUT2D eigenvalue weighted by atomic mass is 9.95. The van der Waals surface area contributed by atoms with Crippen molar-refractivity contribution in [3.8, 4) is 11.1 Å². The molecule has 0 saturated carbocycles. The number of rotatable bonds is 3. The van der Waals surface area contributed by atoms with Crippen LogP contribution in [0.1, 0.15) is 18.9 Å². The molecule has 3 heterocycles. The van der Waals surface area contributed by atoms with Crippen molar-refractivity contribution in [1.82, 2.24) is 14.5 Å². The van der Waals surface area contributed by atoms with Crippen LogP contribution in [0.4, 0.5) is 27.8 Å². The molecule has 1 fully saturated rings. The molecule has 0 spiro atoms.